The number of hydrogen-bond donors (Lipinski definition) is 1. The highest BCUT2D eigenvalue weighted by atomic mass is 32.2. The van der Waals surface area contributed by atoms with Gasteiger partial charge < -0.3 is 0 Å². The number of nitriles is 1. The third kappa shape index (κ3) is 3.33. The molecule has 4 nitrogen and oxygen atoms in total. The molecular weight excluding hydrogens is 188 g/mol. The maximum Gasteiger partial charge on any atom is 0.227 e. The average molecular weight is 202 g/mol. The molecule has 0 aromatic carbocycles. The van der Waals surface area contributed by atoms with Crippen molar-refractivity contribution in [1.82, 2.24) is 4.72 Å². The minimum atomic E-state index is -3.39. The molecule has 5 heteroatoms. The van der Waals surface area contributed by atoms with E-state index in [1.54, 1.807) is 6.07 Å². The SMILES string of the molecule is CC(C#N)S(=O)(=O)NCCC1CC1. The molecule has 1 fully saturated rings. The second kappa shape index (κ2) is 4.07. The Morgan fingerprint density at radius 2 is 2.23 bits per heavy atom. The molecular formula is C8H14N2O2S. The smallest absolute Gasteiger partial charge is 0.214 e. The van der Waals surface area contributed by atoms with Crippen LogP contribution in [0.1, 0.15) is 26.2 Å². The lowest BCUT2D eigenvalue weighted by Gasteiger charge is -2.06. The quantitative estimate of drug-likeness (QED) is 0.710. The molecule has 13 heavy (non-hydrogen) atoms. The Morgan fingerprint density at radius 1 is 1.62 bits per heavy atom. The van der Waals surface area contributed by atoms with Gasteiger partial charge in [-0.05, 0) is 19.3 Å². The highest BCUT2D eigenvalue weighted by Gasteiger charge is 2.23. The van der Waals surface area contributed by atoms with Crippen molar-refractivity contribution in [2.45, 2.75) is 31.4 Å². The van der Waals surface area contributed by atoms with Crippen molar-refractivity contribution >= 4 is 10.0 Å². The minimum Gasteiger partial charge on any atom is -0.214 e. The van der Waals surface area contributed by atoms with Crippen LogP contribution in [-0.4, -0.2) is 20.2 Å². The average Bonchev–Trinajstić information content (AvgIpc) is 2.86. The summed E-state index contributed by atoms with van der Waals surface area (Å²) in [4.78, 5) is 0. The lowest BCUT2D eigenvalue weighted by Crippen LogP contribution is -2.32. The molecule has 1 N–H and O–H groups in total. The third-order valence-corrected chi connectivity index (χ3v) is 3.84. The Kier molecular flexibility index (Phi) is 3.28. The Morgan fingerprint density at radius 3 is 2.69 bits per heavy atom. The van der Waals surface area contributed by atoms with Crippen molar-refractivity contribution in [3.05, 3.63) is 0 Å². The van der Waals surface area contributed by atoms with Crippen LogP contribution in [0, 0.1) is 17.2 Å². The fraction of sp³-hybridized carbons (Fsp3) is 0.875. The lowest BCUT2D eigenvalue weighted by molar-refractivity contribution is 0.571. The molecule has 0 bridgehead atoms. The monoisotopic (exact) mass is 202 g/mol. The summed E-state index contributed by atoms with van der Waals surface area (Å²) >= 11 is 0. The molecule has 0 spiro atoms. The Bertz CT molecular complexity index is 301. The predicted molar refractivity (Wildman–Crippen MR) is 49.3 cm³/mol. The molecule has 74 valence electrons. The van der Waals surface area contributed by atoms with Crippen LogP contribution in [0.15, 0.2) is 0 Å². The van der Waals surface area contributed by atoms with Crippen LogP contribution in [0.2, 0.25) is 0 Å². The summed E-state index contributed by atoms with van der Waals surface area (Å²) in [6.45, 7) is 1.86. The van der Waals surface area contributed by atoms with Crippen LogP contribution in [0.25, 0.3) is 0 Å². The van der Waals surface area contributed by atoms with E-state index in [0.717, 1.165) is 6.42 Å². The van der Waals surface area contributed by atoms with Crippen molar-refractivity contribution < 1.29 is 8.42 Å². The van der Waals surface area contributed by atoms with Crippen LogP contribution in [0.5, 0.6) is 0 Å². The summed E-state index contributed by atoms with van der Waals surface area (Å²) in [6.07, 6.45) is 3.34. The summed E-state index contributed by atoms with van der Waals surface area (Å²) in [7, 11) is -3.39. The molecule has 0 aromatic heterocycles. The largest absolute Gasteiger partial charge is 0.227 e. The van der Waals surface area contributed by atoms with Crippen molar-refractivity contribution in [3.8, 4) is 6.07 Å². The number of sulfonamides is 1. The molecule has 1 saturated carbocycles. The van der Waals surface area contributed by atoms with Gasteiger partial charge in [0.25, 0.3) is 0 Å². The topological polar surface area (TPSA) is 70.0 Å². The third-order valence-electron chi connectivity index (χ3n) is 2.20. The normalized spacial score (nSPS) is 19.4. The summed E-state index contributed by atoms with van der Waals surface area (Å²) in [5, 5.41) is 7.47. The number of rotatable bonds is 5. The molecule has 0 heterocycles. The molecule has 1 unspecified atom stereocenters. The highest BCUT2D eigenvalue weighted by Crippen LogP contribution is 2.31. The summed E-state index contributed by atoms with van der Waals surface area (Å²) in [5.74, 6) is 0.708. The maximum absolute atomic E-state index is 11.2. The zero-order valence-electron chi connectivity index (χ0n) is 7.66. The van der Waals surface area contributed by atoms with Crippen molar-refractivity contribution in [1.29, 1.82) is 5.26 Å². The molecule has 0 aliphatic heterocycles. The highest BCUT2D eigenvalue weighted by molar-refractivity contribution is 7.90. The first-order valence-corrected chi connectivity index (χ1v) is 5.99. The standard InChI is InChI=1S/C8H14N2O2S/c1-7(6-9)13(11,12)10-5-4-8-2-3-8/h7-8,10H,2-5H2,1H3. The lowest BCUT2D eigenvalue weighted by atomic mass is 10.3. The first-order chi connectivity index (χ1) is 6.06. The summed E-state index contributed by atoms with van der Waals surface area (Å²) in [6, 6.07) is 1.71. The van der Waals surface area contributed by atoms with Gasteiger partial charge in [0, 0.05) is 6.54 Å². The van der Waals surface area contributed by atoms with Crippen LogP contribution in [0.4, 0.5) is 0 Å². The molecule has 0 aromatic rings. The van der Waals surface area contributed by atoms with E-state index in [-0.39, 0.29) is 0 Å². The van der Waals surface area contributed by atoms with Crippen molar-refractivity contribution in [3.63, 3.8) is 0 Å². The Balaban J connectivity index is 2.29. The minimum absolute atomic E-state index is 0.471. The van der Waals surface area contributed by atoms with E-state index in [2.05, 4.69) is 4.72 Å². The molecule has 0 amide bonds. The molecule has 0 saturated heterocycles. The second-order valence-corrected chi connectivity index (χ2v) is 5.53. The van der Waals surface area contributed by atoms with Gasteiger partial charge in [0.15, 0.2) is 5.25 Å². The van der Waals surface area contributed by atoms with Gasteiger partial charge >= 0.3 is 0 Å². The molecule has 1 rings (SSSR count). The van der Waals surface area contributed by atoms with Gasteiger partial charge in [0.1, 0.15) is 0 Å². The zero-order chi connectivity index (χ0) is 9.90. The van der Waals surface area contributed by atoms with E-state index in [1.807, 2.05) is 0 Å². The first-order valence-electron chi connectivity index (χ1n) is 4.44. The molecule has 0 radical (unpaired) electrons. The molecule has 1 aliphatic carbocycles. The van der Waals surface area contributed by atoms with E-state index >= 15 is 0 Å². The first kappa shape index (κ1) is 10.5. The van der Waals surface area contributed by atoms with E-state index in [1.165, 1.54) is 19.8 Å². The fourth-order valence-electron chi connectivity index (χ4n) is 1.01. The van der Waals surface area contributed by atoms with Gasteiger partial charge in [0.05, 0.1) is 6.07 Å². The van der Waals surface area contributed by atoms with Crippen molar-refractivity contribution in [2.24, 2.45) is 5.92 Å². The number of hydrogen-bond acceptors (Lipinski definition) is 3. The van der Waals surface area contributed by atoms with E-state index in [4.69, 9.17) is 5.26 Å². The fourth-order valence-corrected chi connectivity index (χ4v) is 1.80. The van der Waals surface area contributed by atoms with Crippen LogP contribution >= 0.6 is 0 Å². The van der Waals surface area contributed by atoms with E-state index < -0.39 is 15.3 Å². The van der Waals surface area contributed by atoms with Gasteiger partial charge in [-0.3, -0.25) is 0 Å². The maximum atomic E-state index is 11.2. The van der Waals surface area contributed by atoms with Crippen LogP contribution in [0.3, 0.4) is 0 Å². The van der Waals surface area contributed by atoms with Gasteiger partial charge in [-0.2, -0.15) is 5.26 Å². The van der Waals surface area contributed by atoms with Gasteiger partial charge in [0.2, 0.25) is 10.0 Å². The Labute approximate surface area is 79.0 Å². The van der Waals surface area contributed by atoms with Gasteiger partial charge in [-0.1, -0.05) is 12.8 Å². The zero-order valence-corrected chi connectivity index (χ0v) is 8.47. The predicted octanol–water partition coefficient (Wildman–Crippen LogP) is 0.618. The molecule has 1 aliphatic rings. The summed E-state index contributed by atoms with van der Waals surface area (Å²) in [5.41, 5.74) is 0. The summed E-state index contributed by atoms with van der Waals surface area (Å²) < 4.78 is 24.9. The molecule has 1 atom stereocenters. The van der Waals surface area contributed by atoms with Gasteiger partial charge in [-0.15, -0.1) is 0 Å². The van der Waals surface area contributed by atoms with Crippen LogP contribution < -0.4 is 4.72 Å². The number of nitrogens with one attached hydrogen (secondary N) is 1. The van der Waals surface area contributed by atoms with Crippen LogP contribution in [-0.2, 0) is 10.0 Å². The van der Waals surface area contributed by atoms with Crippen molar-refractivity contribution in [2.75, 3.05) is 6.54 Å². The van der Waals surface area contributed by atoms with E-state index in [9.17, 15) is 8.42 Å². The number of nitrogens with zero attached hydrogens (tertiary/aromatic N) is 1. The Hall–Kier alpha value is -0.600. The van der Waals surface area contributed by atoms with E-state index in [0.29, 0.717) is 12.5 Å². The second-order valence-electron chi connectivity index (χ2n) is 3.44. The van der Waals surface area contributed by atoms with Gasteiger partial charge in [-0.25, -0.2) is 13.1 Å².